The smallest absolute Gasteiger partial charge is 0.129 e. The quantitative estimate of drug-likeness (QED) is 0.908. The average Bonchev–Trinajstić information content (AvgIpc) is 2.38. The summed E-state index contributed by atoms with van der Waals surface area (Å²) in [4.78, 5) is 4.40. The highest BCUT2D eigenvalue weighted by molar-refractivity contribution is 5.20. The molecule has 112 valence electrons. The molecule has 0 aliphatic carbocycles. The zero-order valence-corrected chi connectivity index (χ0v) is 12.0. The predicted molar refractivity (Wildman–Crippen MR) is 74.6 cm³/mol. The Kier molecular flexibility index (Phi) is 5.07. The molecule has 2 unspecified atom stereocenters. The highest BCUT2D eigenvalue weighted by atomic mass is 19.1. The van der Waals surface area contributed by atoms with Crippen LogP contribution >= 0.6 is 0 Å². The molecule has 1 fully saturated rings. The van der Waals surface area contributed by atoms with E-state index in [1.807, 2.05) is 14.1 Å². The first-order valence-corrected chi connectivity index (χ1v) is 6.97. The molecule has 20 heavy (non-hydrogen) atoms. The number of hydrogen-bond acceptors (Lipinski definition) is 3. The molecular formula is C15H22F2N2O. The first kappa shape index (κ1) is 15.4. The van der Waals surface area contributed by atoms with Gasteiger partial charge in [-0.3, -0.25) is 0 Å². The average molecular weight is 284 g/mol. The maximum Gasteiger partial charge on any atom is 0.129 e. The summed E-state index contributed by atoms with van der Waals surface area (Å²) in [5.74, 6) is -1.17. The zero-order chi connectivity index (χ0) is 14.7. The van der Waals surface area contributed by atoms with Crippen molar-refractivity contribution in [3.63, 3.8) is 0 Å². The van der Waals surface area contributed by atoms with Crippen LogP contribution in [0.15, 0.2) is 18.2 Å². The molecule has 0 spiro atoms. The van der Waals surface area contributed by atoms with Crippen LogP contribution in [0.4, 0.5) is 8.78 Å². The molecular weight excluding hydrogens is 262 g/mol. The van der Waals surface area contributed by atoms with Gasteiger partial charge in [0.25, 0.3) is 0 Å². The number of nitrogens with zero attached hydrogens (tertiary/aromatic N) is 2. The molecule has 1 aromatic rings. The van der Waals surface area contributed by atoms with Gasteiger partial charge in [-0.2, -0.15) is 0 Å². The van der Waals surface area contributed by atoms with E-state index in [0.29, 0.717) is 6.42 Å². The molecule has 1 aromatic carbocycles. The van der Waals surface area contributed by atoms with E-state index in [4.69, 9.17) is 0 Å². The summed E-state index contributed by atoms with van der Waals surface area (Å²) in [6.07, 6.45) is -0.193. The fraction of sp³-hybridized carbons (Fsp3) is 0.600. The Morgan fingerprint density at radius 3 is 2.55 bits per heavy atom. The van der Waals surface area contributed by atoms with Crippen molar-refractivity contribution in [1.82, 2.24) is 9.80 Å². The lowest BCUT2D eigenvalue weighted by Gasteiger charge is -2.38. The molecule has 0 radical (unpaired) electrons. The Bertz CT molecular complexity index is 435. The van der Waals surface area contributed by atoms with Crippen molar-refractivity contribution in [3.05, 3.63) is 35.4 Å². The van der Waals surface area contributed by atoms with E-state index in [2.05, 4.69) is 9.80 Å². The van der Waals surface area contributed by atoms with Crippen LogP contribution in [-0.2, 0) is 6.42 Å². The third-order valence-electron chi connectivity index (χ3n) is 4.03. The van der Waals surface area contributed by atoms with Crippen LogP contribution in [0.5, 0.6) is 0 Å². The number of piperazine rings is 1. The first-order valence-electron chi connectivity index (χ1n) is 6.97. The third-order valence-corrected chi connectivity index (χ3v) is 4.03. The van der Waals surface area contributed by atoms with Crippen molar-refractivity contribution < 1.29 is 13.9 Å². The molecule has 0 aromatic heterocycles. The zero-order valence-electron chi connectivity index (χ0n) is 12.0. The van der Waals surface area contributed by atoms with E-state index in [1.165, 1.54) is 18.2 Å². The Morgan fingerprint density at radius 2 is 1.90 bits per heavy atom. The van der Waals surface area contributed by atoms with Gasteiger partial charge in [0.05, 0.1) is 6.10 Å². The number of aliphatic hydroxyl groups excluding tert-OH is 1. The van der Waals surface area contributed by atoms with Gasteiger partial charge in [-0.25, -0.2) is 8.78 Å². The van der Waals surface area contributed by atoms with Crippen LogP contribution in [0.3, 0.4) is 0 Å². The summed E-state index contributed by atoms with van der Waals surface area (Å²) in [6.45, 7) is 2.82. The molecule has 1 aliphatic rings. The summed E-state index contributed by atoms with van der Waals surface area (Å²) < 4.78 is 27.1. The first-order chi connectivity index (χ1) is 9.47. The van der Waals surface area contributed by atoms with E-state index < -0.39 is 17.7 Å². The van der Waals surface area contributed by atoms with Crippen LogP contribution in [0.2, 0.25) is 0 Å². The second-order valence-electron chi connectivity index (χ2n) is 5.69. The van der Waals surface area contributed by atoms with Crippen LogP contribution in [0, 0.1) is 11.6 Å². The molecule has 3 nitrogen and oxygen atoms in total. The van der Waals surface area contributed by atoms with Gasteiger partial charge in [-0.1, -0.05) is 6.07 Å². The number of hydrogen-bond donors (Lipinski definition) is 1. The monoisotopic (exact) mass is 284 g/mol. The molecule has 1 saturated heterocycles. The van der Waals surface area contributed by atoms with Crippen LogP contribution in [0.25, 0.3) is 0 Å². The Balaban J connectivity index is 1.96. The van der Waals surface area contributed by atoms with Gasteiger partial charge in [-0.05, 0) is 32.6 Å². The fourth-order valence-corrected chi connectivity index (χ4v) is 2.72. The minimum atomic E-state index is -0.736. The van der Waals surface area contributed by atoms with Crippen molar-refractivity contribution in [3.8, 4) is 0 Å². The predicted octanol–water partition coefficient (Wildman–Crippen LogP) is 1.50. The lowest BCUT2D eigenvalue weighted by atomic mass is 9.99. The number of aliphatic hydroxyl groups is 1. The Labute approximate surface area is 118 Å². The van der Waals surface area contributed by atoms with Crippen molar-refractivity contribution in [2.45, 2.75) is 25.0 Å². The second kappa shape index (κ2) is 6.61. The summed E-state index contributed by atoms with van der Waals surface area (Å²) >= 11 is 0. The summed E-state index contributed by atoms with van der Waals surface area (Å²) in [6, 6.07) is 4.01. The van der Waals surface area contributed by atoms with Crippen LogP contribution in [0.1, 0.15) is 12.0 Å². The molecule has 0 bridgehead atoms. The normalized spacial score (nSPS) is 22.9. The van der Waals surface area contributed by atoms with Gasteiger partial charge in [0, 0.05) is 37.7 Å². The van der Waals surface area contributed by atoms with E-state index in [9.17, 15) is 13.9 Å². The summed E-state index contributed by atoms with van der Waals surface area (Å²) in [5, 5.41) is 10.1. The van der Waals surface area contributed by atoms with E-state index in [-0.39, 0.29) is 18.0 Å². The van der Waals surface area contributed by atoms with Crippen molar-refractivity contribution in [2.24, 2.45) is 0 Å². The SMILES string of the molecule is CN1CCN(C)C(CC(O)Cc2c(F)cccc2F)C1. The lowest BCUT2D eigenvalue weighted by Crippen LogP contribution is -2.51. The maximum atomic E-state index is 13.6. The van der Waals surface area contributed by atoms with Crippen molar-refractivity contribution in [2.75, 3.05) is 33.7 Å². The number of rotatable bonds is 4. The van der Waals surface area contributed by atoms with E-state index >= 15 is 0 Å². The Morgan fingerprint density at radius 1 is 1.25 bits per heavy atom. The number of benzene rings is 1. The van der Waals surface area contributed by atoms with Crippen LogP contribution in [-0.4, -0.2) is 60.8 Å². The maximum absolute atomic E-state index is 13.6. The van der Waals surface area contributed by atoms with Crippen LogP contribution < -0.4 is 0 Å². The number of likely N-dealkylation sites (N-methyl/N-ethyl adjacent to an activating group) is 2. The molecule has 1 N–H and O–H groups in total. The summed E-state index contributed by atoms with van der Waals surface area (Å²) in [5.41, 5.74) is -0.0215. The van der Waals surface area contributed by atoms with Crippen molar-refractivity contribution in [1.29, 1.82) is 0 Å². The van der Waals surface area contributed by atoms with Gasteiger partial charge in [0.15, 0.2) is 0 Å². The van der Waals surface area contributed by atoms with Crippen molar-refractivity contribution >= 4 is 0 Å². The minimum absolute atomic E-state index is 0.0204. The molecule has 1 aliphatic heterocycles. The van der Waals surface area contributed by atoms with Gasteiger partial charge in [0.2, 0.25) is 0 Å². The third kappa shape index (κ3) is 3.75. The van der Waals surface area contributed by atoms with Gasteiger partial charge in [0.1, 0.15) is 11.6 Å². The van der Waals surface area contributed by atoms with Gasteiger partial charge in [-0.15, -0.1) is 0 Å². The second-order valence-corrected chi connectivity index (χ2v) is 5.69. The van der Waals surface area contributed by atoms with E-state index in [0.717, 1.165) is 19.6 Å². The highest BCUT2D eigenvalue weighted by Gasteiger charge is 2.25. The Hall–Kier alpha value is -1.04. The molecule has 0 saturated carbocycles. The standard InChI is InChI=1S/C15H22F2N2O/c1-18-6-7-19(2)11(10-18)8-12(20)9-13-14(16)4-3-5-15(13)17/h3-5,11-12,20H,6-10H2,1-2H3. The number of halogens is 2. The lowest BCUT2D eigenvalue weighted by molar-refractivity contribution is 0.0632. The minimum Gasteiger partial charge on any atom is -0.393 e. The topological polar surface area (TPSA) is 26.7 Å². The molecule has 2 atom stereocenters. The molecule has 1 heterocycles. The highest BCUT2D eigenvalue weighted by Crippen LogP contribution is 2.18. The molecule has 0 amide bonds. The fourth-order valence-electron chi connectivity index (χ4n) is 2.72. The van der Waals surface area contributed by atoms with Gasteiger partial charge < -0.3 is 14.9 Å². The summed E-state index contributed by atoms with van der Waals surface area (Å²) in [7, 11) is 4.07. The largest absolute Gasteiger partial charge is 0.393 e. The van der Waals surface area contributed by atoms with E-state index in [1.54, 1.807) is 0 Å². The van der Waals surface area contributed by atoms with Gasteiger partial charge >= 0.3 is 0 Å². The molecule has 2 rings (SSSR count). The molecule has 5 heteroatoms.